The van der Waals surface area contributed by atoms with E-state index in [1.165, 1.54) is 12.4 Å². The molecule has 0 saturated carbocycles. The normalized spacial score (nSPS) is 10.2. The first-order valence-electron chi connectivity index (χ1n) is 5.03. The first-order valence-corrected chi connectivity index (χ1v) is 5.03. The molecule has 0 spiro atoms. The number of hydrogen-bond acceptors (Lipinski definition) is 6. The Morgan fingerprint density at radius 2 is 1.22 bits per heavy atom. The van der Waals surface area contributed by atoms with Crippen molar-refractivity contribution in [3.05, 3.63) is 60.2 Å². The van der Waals surface area contributed by atoms with Crippen molar-refractivity contribution in [2.75, 3.05) is 0 Å². The van der Waals surface area contributed by atoms with Crippen molar-refractivity contribution in [3.8, 4) is 0 Å². The van der Waals surface area contributed by atoms with Gasteiger partial charge in [-0.3, -0.25) is 9.97 Å². The second kappa shape index (κ2) is 8.40. The van der Waals surface area contributed by atoms with Crippen molar-refractivity contribution < 1.29 is 10.4 Å². The first kappa shape index (κ1) is 13.3. The van der Waals surface area contributed by atoms with Crippen molar-refractivity contribution in [3.63, 3.8) is 0 Å². The monoisotopic (exact) mass is 244 g/mol. The van der Waals surface area contributed by atoms with Crippen molar-refractivity contribution in [1.29, 1.82) is 0 Å². The summed E-state index contributed by atoms with van der Waals surface area (Å²) in [5.41, 5.74) is 1.31. The number of pyridine rings is 2. The molecule has 0 aliphatic carbocycles. The predicted octanol–water partition coefficient (Wildman–Crippen LogP) is 1.78. The topological polar surface area (TPSA) is 91.0 Å². The lowest BCUT2D eigenvalue weighted by Gasteiger charge is -1.84. The summed E-state index contributed by atoms with van der Waals surface area (Å²) >= 11 is 0. The van der Waals surface area contributed by atoms with Gasteiger partial charge in [-0.2, -0.15) is 0 Å². The molecule has 0 aromatic carbocycles. The van der Waals surface area contributed by atoms with Gasteiger partial charge in [0.2, 0.25) is 0 Å². The van der Waals surface area contributed by atoms with Gasteiger partial charge in [-0.1, -0.05) is 22.4 Å². The average Bonchev–Trinajstić information content (AvgIpc) is 2.43. The molecule has 2 aromatic rings. The maximum atomic E-state index is 8.05. The summed E-state index contributed by atoms with van der Waals surface area (Å²) in [5, 5.41) is 21.7. The van der Waals surface area contributed by atoms with Gasteiger partial charge in [0, 0.05) is 12.4 Å². The fraction of sp³-hybridized carbons (Fsp3) is 0. The molecule has 2 rings (SSSR count). The van der Waals surface area contributed by atoms with E-state index in [2.05, 4.69) is 20.3 Å². The SMILES string of the molecule is ON=Cc1ccccn1.ON=Cc1ccccn1. The van der Waals surface area contributed by atoms with E-state index in [1.54, 1.807) is 36.7 Å². The Hall–Kier alpha value is -2.76. The Bertz CT molecular complexity index is 438. The number of nitrogens with zero attached hydrogens (tertiary/aromatic N) is 4. The number of aromatic nitrogens is 2. The van der Waals surface area contributed by atoms with Gasteiger partial charge in [0.05, 0.1) is 23.8 Å². The molecule has 0 radical (unpaired) electrons. The quantitative estimate of drug-likeness (QED) is 0.478. The van der Waals surface area contributed by atoms with Crippen molar-refractivity contribution in [1.82, 2.24) is 9.97 Å². The van der Waals surface area contributed by atoms with E-state index >= 15 is 0 Å². The summed E-state index contributed by atoms with van der Waals surface area (Å²) in [5.74, 6) is 0. The summed E-state index contributed by atoms with van der Waals surface area (Å²) in [6.07, 6.45) is 5.83. The van der Waals surface area contributed by atoms with Crippen LogP contribution >= 0.6 is 0 Å². The third-order valence-corrected chi connectivity index (χ3v) is 1.76. The predicted molar refractivity (Wildman–Crippen MR) is 67.2 cm³/mol. The van der Waals surface area contributed by atoms with Crippen LogP contribution in [0.5, 0.6) is 0 Å². The van der Waals surface area contributed by atoms with Crippen LogP contribution in [-0.4, -0.2) is 32.8 Å². The summed E-state index contributed by atoms with van der Waals surface area (Å²) in [6.45, 7) is 0. The van der Waals surface area contributed by atoms with E-state index in [1.807, 2.05) is 12.1 Å². The third kappa shape index (κ3) is 5.36. The van der Waals surface area contributed by atoms with Crippen LogP contribution in [0.25, 0.3) is 0 Å². The molecule has 0 fully saturated rings. The van der Waals surface area contributed by atoms with E-state index < -0.39 is 0 Å². The molecular weight excluding hydrogens is 232 g/mol. The lowest BCUT2D eigenvalue weighted by Crippen LogP contribution is -1.83. The molecular formula is C12H12N4O2. The van der Waals surface area contributed by atoms with Crippen LogP contribution in [0.4, 0.5) is 0 Å². The summed E-state index contributed by atoms with van der Waals surface area (Å²) in [7, 11) is 0. The van der Waals surface area contributed by atoms with Gasteiger partial charge in [-0.25, -0.2) is 0 Å². The molecule has 6 heteroatoms. The van der Waals surface area contributed by atoms with Crippen LogP contribution in [0, 0.1) is 0 Å². The molecule has 6 nitrogen and oxygen atoms in total. The zero-order chi connectivity index (χ0) is 13.1. The van der Waals surface area contributed by atoms with Gasteiger partial charge in [0.15, 0.2) is 0 Å². The zero-order valence-corrected chi connectivity index (χ0v) is 9.46. The van der Waals surface area contributed by atoms with E-state index in [9.17, 15) is 0 Å². The maximum absolute atomic E-state index is 8.05. The molecule has 0 atom stereocenters. The molecule has 0 saturated heterocycles. The van der Waals surface area contributed by atoms with Crippen molar-refractivity contribution in [2.24, 2.45) is 10.3 Å². The zero-order valence-electron chi connectivity index (χ0n) is 9.46. The Morgan fingerprint density at radius 3 is 1.50 bits per heavy atom. The Balaban J connectivity index is 0.000000180. The maximum Gasteiger partial charge on any atom is 0.0918 e. The molecule has 0 aliphatic heterocycles. The van der Waals surface area contributed by atoms with Gasteiger partial charge in [0.25, 0.3) is 0 Å². The van der Waals surface area contributed by atoms with Gasteiger partial charge < -0.3 is 10.4 Å². The highest BCUT2D eigenvalue weighted by Gasteiger charge is 1.82. The number of hydrogen-bond donors (Lipinski definition) is 2. The number of oxime groups is 2. The van der Waals surface area contributed by atoms with Crippen LogP contribution < -0.4 is 0 Å². The summed E-state index contributed by atoms with van der Waals surface area (Å²) < 4.78 is 0. The summed E-state index contributed by atoms with van der Waals surface area (Å²) in [6, 6.07) is 10.7. The molecule has 2 N–H and O–H groups in total. The second-order valence-corrected chi connectivity index (χ2v) is 3.00. The lowest BCUT2D eigenvalue weighted by atomic mass is 10.4. The molecule has 0 bridgehead atoms. The molecule has 0 unspecified atom stereocenters. The van der Waals surface area contributed by atoms with E-state index in [0.717, 1.165) is 0 Å². The second-order valence-electron chi connectivity index (χ2n) is 3.00. The van der Waals surface area contributed by atoms with Gasteiger partial charge in [-0.05, 0) is 24.3 Å². The van der Waals surface area contributed by atoms with E-state index in [0.29, 0.717) is 11.4 Å². The molecule has 2 aromatic heterocycles. The van der Waals surface area contributed by atoms with Crippen LogP contribution in [0.1, 0.15) is 11.4 Å². The molecule has 2 heterocycles. The molecule has 0 aliphatic rings. The van der Waals surface area contributed by atoms with Crippen LogP contribution in [-0.2, 0) is 0 Å². The highest BCUT2D eigenvalue weighted by molar-refractivity contribution is 5.76. The molecule has 18 heavy (non-hydrogen) atoms. The highest BCUT2D eigenvalue weighted by Crippen LogP contribution is 1.87. The smallest absolute Gasteiger partial charge is 0.0918 e. The Labute approximate surface area is 104 Å². The van der Waals surface area contributed by atoms with Gasteiger partial charge in [-0.15, -0.1) is 0 Å². The number of rotatable bonds is 2. The standard InChI is InChI=1S/2C6H6N2O/c2*9-8-5-6-3-1-2-4-7-6/h2*1-5,9H. The first-order chi connectivity index (χ1) is 8.86. The minimum Gasteiger partial charge on any atom is -0.411 e. The highest BCUT2D eigenvalue weighted by atomic mass is 16.4. The van der Waals surface area contributed by atoms with Gasteiger partial charge >= 0.3 is 0 Å². The average molecular weight is 244 g/mol. The minimum atomic E-state index is 0.653. The Kier molecular flexibility index (Phi) is 6.21. The van der Waals surface area contributed by atoms with Crippen LogP contribution in [0.3, 0.4) is 0 Å². The fourth-order valence-corrected chi connectivity index (χ4v) is 1.02. The largest absolute Gasteiger partial charge is 0.411 e. The minimum absolute atomic E-state index is 0.653. The third-order valence-electron chi connectivity index (χ3n) is 1.76. The fourth-order valence-electron chi connectivity index (χ4n) is 1.02. The Morgan fingerprint density at radius 1 is 0.778 bits per heavy atom. The molecule has 0 amide bonds. The van der Waals surface area contributed by atoms with E-state index in [4.69, 9.17) is 10.4 Å². The van der Waals surface area contributed by atoms with Crippen molar-refractivity contribution >= 4 is 12.4 Å². The van der Waals surface area contributed by atoms with Crippen molar-refractivity contribution in [2.45, 2.75) is 0 Å². The van der Waals surface area contributed by atoms with Crippen LogP contribution in [0.15, 0.2) is 59.1 Å². The van der Waals surface area contributed by atoms with E-state index in [-0.39, 0.29) is 0 Å². The summed E-state index contributed by atoms with van der Waals surface area (Å²) in [4.78, 5) is 7.72. The lowest BCUT2D eigenvalue weighted by molar-refractivity contribution is 0.321. The van der Waals surface area contributed by atoms with Crippen LogP contribution in [0.2, 0.25) is 0 Å². The molecule has 92 valence electrons. The van der Waals surface area contributed by atoms with Gasteiger partial charge in [0.1, 0.15) is 0 Å².